The average molecular weight is 350 g/mol. The molecule has 21 heavy (non-hydrogen) atoms. The Morgan fingerprint density at radius 1 is 1.19 bits per heavy atom. The van der Waals surface area contributed by atoms with Gasteiger partial charge in [-0.25, -0.2) is 0 Å². The van der Waals surface area contributed by atoms with Crippen molar-refractivity contribution in [2.75, 3.05) is 24.3 Å². The van der Waals surface area contributed by atoms with Crippen LogP contribution in [0.4, 0.5) is 11.4 Å². The molecule has 2 rings (SSSR count). The summed E-state index contributed by atoms with van der Waals surface area (Å²) in [6.07, 6.45) is 0. The van der Waals surface area contributed by atoms with Crippen LogP contribution < -0.4 is 10.2 Å². The predicted molar refractivity (Wildman–Crippen MR) is 95.4 cm³/mol. The molecule has 0 aliphatic carbocycles. The lowest BCUT2D eigenvalue weighted by molar-refractivity contribution is 0.715. The number of hydrogen-bond acceptors (Lipinski definition) is 2. The van der Waals surface area contributed by atoms with Gasteiger partial charge in [0.15, 0.2) is 0 Å². The highest BCUT2D eigenvalue weighted by Crippen LogP contribution is 2.29. The lowest BCUT2D eigenvalue weighted by atomic mass is 10.2. The van der Waals surface area contributed by atoms with Gasteiger partial charge >= 0.3 is 0 Å². The molecule has 0 bridgehead atoms. The molecule has 0 spiro atoms. The fraction of sp³-hybridized carbons (Fsp3) is 0.412. The third-order valence-corrected chi connectivity index (χ3v) is 4.40. The maximum Gasteiger partial charge on any atom is 0.0597 e. The van der Waals surface area contributed by atoms with Crippen molar-refractivity contribution in [2.45, 2.75) is 33.9 Å². The molecule has 0 radical (unpaired) electrons. The van der Waals surface area contributed by atoms with E-state index in [-0.39, 0.29) is 0 Å². The van der Waals surface area contributed by atoms with Crippen LogP contribution in [0.2, 0.25) is 0 Å². The number of aromatic nitrogens is 1. The van der Waals surface area contributed by atoms with Crippen LogP contribution in [-0.4, -0.2) is 18.7 Å². The summed E-state index contributed by atoms with van der Waals surface area (Å²) in [5.74, 6) is 0. The zero-order valence-corrected chi connectivity index (χ0v) is 15.1. The van der Waals surface area contributed by atoms with Crippen molar-refractivity contribution in [3.05, 3.63) is 45.7 Å². The summed E-state index contributed by atoms with van der Waals surface area (Å²) in [6, 6.07) is 8.61. The monoisotopic (exact) mass is 349 g/mol. The second-order valence-electron chi connectivity index (χ2n) is 5.55. The van der Waals surface area contributed by atoms with Gasteiger partial charge in [-0.15, -0.1) is 0 Å². The number of anilines is 2. The maximum atomic E-state index is 3.57. The van der Waals surface area contributed by atoms with E-state index in [1.54, 1.807) is 0 Å². The van der Waals surface area contributed by atoms with Crippen LogP contribution in [0.3, 0.4) is 0 Å². The first-order valence-electron chi connectivity index (χ1n) is 7.30. The average Bonchev–Trinajstić information content (AvgIpc) is 2.70. The van der Waals surface area contributed by atoms with E-state index >= 15 is 0 Å². The van der Waals surface area contributed by atoms with Gasteiger partial charge in [0.2, 0.25) is 0 Å². The number of rotatable bonds is 5. The van der Waals surface area contributed by atoms with E-state index < -0.39 is 0 Å². The Kier molecular flexibility index (Phi) is 4.99. The van der Waals surface area contributed by atoms with Gasteiger partial charge in [-0.05, 0) is 50.6 Å². The molecule has 0 aliphatic heterocycles. The van der Waals surface area contributed by atoms with Crippen LogP contribution >= 0.6 is 15.9 Å². The van der Waals surface area contributed by atoms with Crippen molar-refractivity contribution in [2.24, 2.45) is 0 Å². The smallest absolute Gasteiger partial charge is 0.0597 e. The van der Waals surface area contributed by atoms with Crippen molar-refractivity contribution in [3.8, 4) is 0 Å². The van der Waals surface area contributed by atoms with Crippen molar-refractivity contribution in [1.29, 1.82) is 0 Å². The molecule has 1 aromatic heterocycles. The normalized spacial score (nSPS) is 10.8. The van der Waals surface area contributed by atoms with Crippen LogP contribution in [-0.2, 0) is 13.1 Å². The van der Waals surface area contributed by atoms with E-state index in [0.29, 0.717) is 0 Å². The van der Waals surface area contributed by atoms with Crippen molar-refractivity contribution >= 4 is 27.3 Å². The zero-order valence-electron chi connectivity index (χ0n) is 13.5. The first kappa shape index (κ1) is 16.0. The molecule has 1 heterocycles. The van der Waals surface area contributed by atoms with Gasteiger partial charge in [-0.1, -0.05) is 15.9 Å². The number of nitrogens with zero attached hydrogens (tertiary/aromatic N) is 2. The molecule has 0 unspecified atom stereocenters. The minimum absolute atomic E-state index is 0.844. The Hall–Kier alpha value is -1.42. The first-order chi connectivity index (χ1) is 9.93. The highest BCUT2D eigenvalue weighted by atomic mass is 79.9. The minimum Gasteiger partial charge on any atom is -0.379 e. The molecule has 3 nitrogen and oxygen atoms in total. The molecule has 1 aromatic carbocycles. The van der Waals surface area contributed by atoms with E-state index in [9.17, 15) is 0 Å². The van der Waals surface area contributed by atoms with Crippen LogP contribution in [0, 0.1) is 13.8 Å². The second kappa shape index (κ2) is 6.56. The van der Waals surface area contributed by atoms with E-state index in [1.807, 2.05) is 0 Å². The maximum absolute atomic E-state index is 3.57. The molecule has 2 aromatic rings. The molecular formula is C17H24BrN3. The van der Waals surface area contributed by atoms with Crippen LogP contribution in [0.1, 0.15) is 23.9 Å². The second-order valence-corrected chi connectivity index (χ2v) is 6.47. The molecule has 0 atom stereocenters. The predicted octanol–water partition coefficient (Wildman–Crippen LogP) is 4.57. The molecule has 0 fully saturated rings. The Morgan fingerprint density at radius 3 is 2.48 bits per heavy atom. The highest BCUT2D eigenvalue weighted by Gasteiger charge is 2.09. The number of benzene rings is 1. The standard InChI is InChI=1S/C17H24BrN3/c1-6-21-12(2)9-14(13(21)3)11-19-16-10-15(18)7-8-17(16)20(4)5/h7-10,19H,6,11H2,1-5H3. The zero-order chi connectivity index (χ0) is 15.6. The number of nitrogens with one attached hydrogen (secondary N) is 1. The summed E-state index contributed by atoms with van der Waals surface area (Å²) < 4.78 is 3.44. The van der Waals surface area contributed by atoms with Crippen LogP contribution in [0.25, 0.3) is 0 Å². The summed E-state index contributed by atoms with van der Waals surface area (Å²) in [4.78, 5) is 2.13. The van der Waals surface area contributed by atoms with Crippen molar-refractivity contribution in [1.82, 2.24) is 4.57 Å². The highest BCUT2D eigenvalue weighted by molar-refractivity contribution is 9.10. The molecule has 0 amide bonds. The molecular weight excluding hydrogens is 326 g/mol. The van der Waals surface area contributed by atoms with Gasteiger partial charge in [0.1, 0.15) is 0 Å². The third kappa shape index (κ3) is 3.43. The Balaban J connectivity index is 2.22. The minimum atomic E-state index is 0.844. The largest absolute Gasteiger partial charge is 0.379 e. The molecule has 0 saturated carbocycles. The van der Waals surface area contributed by atoms with Crippen molar-refractivity contribution < 1.29 is 0 Å². The summed E-state index contributed by atoms with van der Waals surface area (Å²) in [5, 5.41) is 3.57. The number of halogens is 1. The first-order valence-corrected chi connectivity index (χ1v) is 8.09. The lowest BCUT2D eigenvalue weighted by Gasteiger charge is -2.19. The Bertz CT molecular complexity index is 629. The van der Waals surface area contributed by atoms with E-state index in [1.165, 1.54) is 22.6 Å². The van der Waals surface area contributed by atoms with E-state index in [0.717, 1.165) is 23.2 Å². The summed E-state index contributed by atoms with van der Waals surface area (Å²) in [5.41, 5.74) is 6.38. The van der Waals surface area contributed by atoms with E-state index in [4.69, 9.17) is 0 Å². The molecule has 4 heteroatoms. The van der Waals surface area contributed by atoms with Gasteiger partial charge in [-0.2, -0.15) is 0 Å². The van der Waals surface area contributed by atoms with Gasteiger partial charge < -0.3 is 14.8 Å². The SMILES string of the molecule is CCn1c(C)cc(CNc2cc(Br)ccc2N(C)C)c1C. The van der Waals surface area contributed by atoms with Gasteiger partial charge in [-0.3, -0.25) is 0 Å². The fourth-order valence-corrected chi connectivity index (χ4v) is 3.13. The number of aryl methyl sites for hydroxylation is 1. The topological polar surface area (TPSA) is 20.2 Å². The summed E-state index contributed by atoms with van der Waals surface area (Å²) >= 11 is 3.55. The summed E-state index contributed by atoms with van der Waals surface area (Å²) in [6.45, 7) is 8.43. The fourth-order valence-electron chi connectivity index (χ4n) is 2.77. The van der Waals surface area contributed by atoms with E-state index in [2.05, 4.69) is 89.8 Å². The quantitative estimate of drug-likeness (QED) is 0.853. The molecule has 114 valence electrons. The van der Waals surface area contributed by atoms with Crippen molar-refractivity contribution in [3.63, 3.8) is 0 Å². The van der Waals surface area contributed by atoms with Crippen LogP contribution in [0.15, 0.2) is 28.7 Å². The lowest BCUT2D eigenvalue weighted by Crippen LogP contribution is -2.12. The Labute approximate surface area is 136 Å². The van der Waals surface area contributed by atoms with Crippen LogP contribution in [0.5, 0.6) is 0 Å². The Morgan fingerprint density at radius 2 is 1.90 bits per heavy atom. The number of hydrogen-bond donors (Lipinski definition) is 1. The third-order valence-electron chi connectivity index (χ3n) is 3.90. The van der Waals surface area contributed by atoms with Gasteiger partial charge in [0.05, 0.1) is 11.4 Å². The molecule has 0 saturated heterocycles. The molecule has 0 aliphatic rings. The summed E-state index contributed by atoms with van der Waals surface area (Å²) in [7, 11) is 4.13. The van der Waals surface area contributed by atoms with Gasteiger partial charge in [0.25, 0.3) is 0 Å². The van der Waals surface area contributed by atoms with Gasteiger partial charge in [0, 0.05) is 43.0 Å². The molecule has 1 N–H and O–H groups in total.